The summed E-state index contributed by atoms with van der Waals surface area (Å²) in [6, 6.07) is 0. The van der Waals surface area contributed by atoms with Crippen LogP contribution in [0.3, 0.4) is 0 Å². The van der Waals surface area contributed by atoms with Crippen molar-refractivity contribution in [2.24, 2.45) is 5.92 Å². The molecular weight excluding hydrogens is 194 g/mol. The third-order valence-electron chi connectivity index (χ3n) is 2.58. The van der Waals surface area contributed by atoms with Crippen molar-refractivity contribution in [1.82, 2.24) is 5.32 Å². The van der Waals surface area contributed by atoms with Gasteiger partial charge in [0.25, 0.3) is 0 Å². The summed E-state index contributed by atoms with van der Waals surface area (Å²) in [7, 11) is 0. The number of nitrogens with one attached hydrogen (secondary N) is 1. The quantitative estimate of drug-likeness (QED) is 0.662. The molecule has 4 heteroatoms. The number of hydrogen-bond acceptors (Lipinski definition) is 4. The lowest BCUT2D eigenvalue weighted by atomic mass is 10.1. The van der Waals surface area contributed by atoms with Gasteiger partial charge in [-0.2, -0.15) is 0 Å². The number of rotatable bonds is 5. The van der Waals surface area contributed by atoms with Gasteiger partial charge in [-0.05, 0) is 45.6 Å². The lowest BCUT2D eigenvalue weighted by molar-refractivity contribution is -0.146. The minimum atomic E-state index is -0.205. The van der Waals surface area contributed by atoms with Gasteiger partial charge in [0.15, 0.2) is 0 Å². The fourth-order valence-electron chi connectivity index (χ4n) is 1.92. The van der Waals surface area contributed by atoms with E-state index >= 15 is 0 Å². The lowest BCUT2D eigenvalue weighted by Crippen LogP contribution is -2.30. The Hall–Kier alpha value is -0.610. The number of ether oxygens (including phenoxy) is 1. The molecule has 15 heavy (non-hydrogen) atoms. The largest absolute Gasteiger partial charge is 0.462 e. The van der Waals surface area contributed by atoms with Gasteiger partial charge in [-0.15, -0.1) is 0 Å². The van der Waals surface area contributed by atoms with E-state index < -0.39 is 0 Å². The Balaban J connectivity index is 2.03. The number of aliphatic hydroxyl groups excluding tert-OH is 1. The number of esters is 1. The van der Waals surface area contributed by atoms with Crippen molar-refractivity contribution in [3.05, 3.63) is 0 Å². The van der Waals surface area contributed by atoms with Crippen LogP contribution in [-0.4, -0.2) is 36.4 Å². The minimum absolute atomic E-state index is 0.0485. The van der Waals surface area contributed by atoms with Crippen LogP contribution >= 0.6 is 0 Å². The Kier molecular flexibility index (Phi) is 5.05. The second-order valence-corrected chi connectivity index (χ2v) is 4.50. The normalized spacial score (nSPS) is 25.9. The Morgan fingerprint density at radius 1 is 1.53 bits per heavy atom. The third-order valence-corrected chi connectivity index (χ3v) is 2.58. The summed E-state index contributed by atoms with van der Waals surface area (Å²) in [5, 5.41) is 12.4. The predicted molar refractivity (Wildman–Crippen MR) is 57.4 cm³/mol. The standard InChI is InChI=1S/C11H21NO3/c1-8(2)15-11(14)7-12-6-9-3-4-10(13)5-9/h8-10,12-13H,3-7H2,1-2H3. The number of carbonyl (C=O) groups excluding carboxylic acids is 1. The lowest BCUT2D eigenvalue weighted by Gasteiger charge is -2.11. The maximum Gasteiger partial charge on any atom is 0.320 e. The maximum absolute atomic E-state index is 11.2. The second kappa shape index (κ2) is 6.08. The fraction of sp³-hybridized carbons (Fsp3) is 0.909. The molecule has 4 nitrogen and oxygen atoms in total. The average Bonchev–Trinajstić information content (AvgIpc) is 2.50. The summed E-state index contributed by atoms with van der Waals surface area (Å²) in [5.41, 5.74) is 0. The van der Waals surface area contributed by atoms with Crippen molar-refractivity contribution in [2.75, 3.05) is 13.1 Å². The molecule has 0 aromatic rings. The molecule has 1 fully saturated rings. The Labute approximate surface area is 91.0 Å². The van der Waals surface area contributed by atoms with E-state index in [1.54, 1.807) is 0 Å². The molecule has 0 radical (unpaired) electrons. The van der Waals surface area contributed by atoms with Gasteiger partial charge in [-0.1, -0.05) is 0 Å². The topological polar surface area (TPSA) is 58.6 Å². The molecule has 0 saturated heterocycles. The van der Waals surface area contributed by atoms with Crippen molar-refractivity contribution < 1.29 is 14.6 Å². The van der Waals surface area contributed by atoms with E-state index in [1.807, 2.05) is 13.8 Å². The highest BCUT2D eigenvalue weighted by Gasteiger charge is 2.22. The molecule has 0 aromatic carbocycles. The van der Waals surface area contributed by atoms with Crippen LogP contribution in [0, 0.1) is 5.92 Å². The molecule has 0 aliphatic heterocycles. The van der Waals surface area contributed by atoms with Crippen molar-refractivity contribution in [3.63, 3.8) is 0 Å². The van der Waals surface area contributed by atoms with E-state index in [0.29, 0.717) is 5.92 Å². The van der Waals surface area contributed by atoms with Gasteiger partial charge in [0.05, 0.1) is 18.8 Å². The third kappa shape index (κ3) is 5.14. The molecule has 1 rings (SSSR count). The monoisotopic (exact) mass is 215 g/mol. The molecule has 0 heterocycles. The zero-order valence-electron chi connectivity index (χ0n) is 9.53. The molecule has 2 unspecified atom stereocenters. The fourth-order valence-corrected chi connectivity index (χ4v) is 1.92. The van der Waals surface area contributed by atoms with Crippen LogP contribution in [-0.2, 0) is 9.53 Å². The van der Waals surface area contributed by atoms with E-state index in [2.05, 4.69) is 5.32 Å². The van der Waals surface area contributed by atoms with E-state index in [9.17, 15) is 9.90 Å². The first kappa shape index (κ1) is 12.5. The van der Waals surface area contributed by atoms with Gasteiger partial charge < -0.3 is 15.2 Å². The van der Waals surface area contributed by atoms with Crippen LogP contribution < -0.4 is 5.32 Å². The second-order valence-electron chi connectivity index (χ2n) is 4.50. The highest BCUT2D eigenvalue weighted by molar-refractivity contribution is 5.71. The van der Waals surface area contributed by atoms with Crippen molar-refractivity contribution in [3.8, 4) is 0 Å². The molecule has 0 amide bonds. The van der Waals surface area contributed by atoms with Gasteiger partial charge in [-0.3, -0.25) is 4.79 Å². The number of aliphatic hydroxyl groups is 1. The van der Waals surface area contributed by atoms with Crippen LogP contribution in [0.1, 0.15) is 33.1 Å². The Morgan fingerprint density at radius 3 is 2.80 bits per heavy atom. The molecule has 0 aromatic heterocycles. The van der Waals surface area contributed by atoms with E-state index in [-0.39, 0.29) is 24.7 Å². The summed E-state index contributed by atoms with van der Waals surface area (Å²) >= 11 is 0. The van der Waals surface area contributed by atoms with Crippen molar-refractivity contribution in [1.29, 1.82) is 0 Å². The first-order valence-electron chi connectivity index (χ1n) is 5.66. The first-order valence-corrected chi connectivity index (χ1v) is 5.66. The number of hydrogen-bond donors (Lipinski definition) is 2. The molecule has 1 aliphatic carbocycles. The molecule has 0 bridgehead atoms. The van der Waals surface area contributed by atoms with Gasteiger partial charge >= 0.3 is 5.97 Å². The predicted octanol–water partition coefficient (Wildman–Crippen LogP) is 0.689. The number of carbonyl (C=O) groups is 1. The van der Waals surface area contributed by atoms with Crippen LogP contribution in [0.25, 0.3) is 0 Å². The summed E-state index contributed by atoms with van der Waals surface area (Å²) in [4.78, 5) is 11.2. The molecular formula is C11H21NO3. The van der Waals surface area contributed by atoms with Gasteiger partial charge in [0.2, 0.25) is 0 Å². The molecule has 2 atom stereocenters. The average molecular weight is 215 g/mol. The summed E-state index contributed by atoms with van der Waals surface area (Å²) in [6.45, 7) is 4.74. The van der Waals surface area contributed by atoms with Crippen LogP contribution in [0.5, 0.6) is 0 Å². The van der Waals surface area contributed by atoms with Crippen LogP contribution in [0.15, 0.2) is 0 Å². The highest BCUT2D eigenvalue weighted by Crippen LogP contribution is 2.24. The smallest absolute Gasteiger partial charge is 0.320 e. The van der Waals surface area contributed by atoms with Gasteiger partial charge in [0, 0.05) is 0 Å². The first-order chi connectivity index (χ1) is 7.08. The minimum Gasteiger partial charge on any atom is -0.462 e. The molecule has 2 N–H and O–H groups in total. The molecule has 88 valence electrons. The Morgan fingerprint density at radius 2 is 2.27 bits per heavy atom. The van der Waals surface area contributed by atoms with E-state index in [0.717, 1.165) is 25.8 Å². The van der Waals surface area contributed by atoms with E-state index in [1.165, 1.54) is 0 Å². The molecule has 0 spiro atoms. The van der Waals surface area contributed by atoms with Crippen LogP contribution in [0.2, 0.25) is 0 Å². The molecule has 1 aliphatic rings. The Bertz CT molecular complexity index is 206. The summed E-state index contributed by atoms with van der Waals surface area (Å²) in [5.74, 6) is 0.301. The van der Waals surface area contributed by atoms with Crippen LogP contribution in [0.4, 0.5) is 0 Å². The highest BCUT2D eigenvalue weighted by atomic mass is 16.5. The summed E-state index contributed by atoms with van der Waals surface area (Å²) < 4.78 is 4.99. The van der Waals surface area contributed by atoms with E-state index in [4.69, 9.17) is 4.74 Å². The zero-order chi connectivity index (χ0) is 11.3. The summed E-state index contributed by atoms with van der Waals surface area (Å²) in [6.07, 6.45) is 2.61. The van der Waals surface area contributed by atoms with Crippen molar-refractivity contribution >= 4 is 5.97 Å². The molecule has 1 saturated carbocycles. The van der Waals surface area contributed by atoms with Gasteiger partial charge in [0.1, 0.15) is 0 Å². The SMILES string of the molecule is CC(C)OC(=O)CNCC1CCC(O)C1. The maximum atomic E-state index is 11.2. The van der Waals surface area contributed by atoms with Gasteiger partial charge in [-0.25, -0.2) is 0 Å². The zero-order valence-corrected chi connectivity index (χ0v) is 9.53. The van der Waals surface area contributed by atoms with Crippen molar-refractivity contribution in [2.45, 2.75) is 45.3 Å².